The van der Waals surface area contributed by atoms with Crippen LogP contribution in [0.2, 0.25) is 0 Å². The number of furan rings is 1. The summed E-state index contributed by atoms with van der Waals surface area (Å²) in [7, 11) is 1.93. The molecule has 2 aromatic rings. The van der Waals surface area contributed by atoms with Crippen LogP contribution in [0.3, 0.4) is 0 Å². The minimum absolute atomic E-state index is 0.143. The summed E-state index contributed by atoms with van der Waals surface area (Å²) in [6, 6.07) is 3.91. The summed E-state index contributed by atoms with van der Waals surface area (Å²) in [6.45, 7) is 10.1. The summed E-state index contributed by atoms with van der Waals surface area (Å²) in [6.07, 6.45) is 1.70. The highest BCUT2D eigenvalue weighted by Gasteiger charge is 2.29. The van der Waals surface area contributed by atoms with E-state index in [-0.39, 0.29) is 11.8 Å². The number of aryl methyl sites for hydroxylation is 2. The second kappa shape index (κ2) is 6.81. The van der Waals surface area contributed by atoms with Gasteiger partial charge in [0, 0.05) is 44.5 Å². The Bertz CT molecular complexity index is 697. The molecule has 0 bridgehead atoms. The lowest BCUT2D eigenvalue weighted by molar-refractivity contribution is -0.134. The molecule has 130 valence electrons. The van der Waals surface area contributed by atoms with Crippen molar-refractivity contribution in [3.05, 3.63) is 41.1 Å². The van der Waals surface area contributed by atoms with Gasteiger partial charge in [-0.2, -0.15) is 5.10 Å². The molecule has 1 aliphatic rings. The molecule has 3 heterocycles. The van der Waals surface area contributed by atoms with E-state index in [9.17, 15) is 4.79 Å². The van der Waals surface area contributed by atoms with Crippen molar-refractivity contribution in [2.45, 2.75) is 33.2 Å². The van der Waals surface area contributed by atoms with E-state index < -0.39 is 0 Å². The first kappa shape index (κ1) is 16.8. The third-order valence-corrected chi connectivity index (χ3v) is 5.01. The smallest absolute Gasteiger partial charge is 0.230 e. The second-order valence-corrected chi connectivity index (χ2v) is 6.61. The molecule has 3 rings (SSSR count). The molecule has 2 aromatic heterocycles. The molecule has 0 aromatic carbocycles. The van der Waals surface area contributed by atoms with Gasteiger partial charge in [0.15, 0.2) is 0 Å². The molecule has 0 unspecified atom stereocenters. The molecule has 24 heavy (non-hydrogen) atoms. The highest BCUT2D eigenvalue weighted by molar-refractivity contribution is 5.84. The van der Waals surface area contributed by atoms with Gasteiger partial charge in [-0.15, -0.1) is 0 Å². The Balaban J connectivity index is 1.60. The lowest BCUT2D eigenvalue weighted by Crippen LogP contribution is -2.49. The first-order chi connectivity index (χ1) is 11.5. The van der Waals surface area contributed by atoms with Crippen molar-refractivity contribution in [3.8, 4) is 0 Å². The minimum atomic E-state index is -0.143. The third-order valence-electron chi connectivity index (χ3n) is 5.01. The average molecular weight is 330 g/mol. The maximum Gasteiger partial charge on any atom is 0.230 e. The zero-order valence-corrected chi connectivity index (χ0v) is 15.0. The van der Waals surface area contributed by atoms with E-state index in [0.29, 0.717) is 0 Å². The fourth-order valence-electron chi connectivity index (χ4n) is 3.56. The van der Waals surface area contributed by atoms with Gasteiger partial charge in [0.2, 0.25) is 5.91 Å². The monoisotopic (exact) mass is 330 g/mol. The first-order valence-corrected chi connectivity index (χ1v) is 8.51. The molecule has 0 N–H and O–H groups in total. The Labute approximate surface area is 143 Å². The number of carbonyl (C=O) groups is 1. The molecule has 1 fully saturated rings. The Morgan fingerprint density at radius 2 is 2.00 bits per heavy atom. The predicted molar refractivity (Wildman–Crippen MR) is 91.7 cm³/mol. The van der Waals surface area contributed by atoms with Gasteiger partial charge < -0.3 is 9.32 Å². The van der Waals surface area contributed by atoms with Crippen LogP contribution in [-0.4, -0.2) is 51.7 Å². The Hall–Kier alpha value is -2.08. The largest absolute Gasteiger partial charge is 0.468 e. The van der Waals surface area contributed by atoms with Gasteiger partial charge in [-0.25, -0.2) is 0 Å². The molecule has 0 saturated carbocycles. The van der Waals surface area contributed by atoms with E-state index in [2.05, 4.69) is 10.00 Å². The number of aromatic nitrogens is 2. The SMILES string of the molecule is Cc1nn(C)c(C)c1[C@H](C)C(=O)N1CCN(Cc2ccco2)CC1. The Morgan fingerprint density at radius 1 is 1.29 bits per heavy atom. The molecule has 1 saturated heterocycles. The third kappa shape index (κ3) is 3.24. The first-order valence-electron chi connectivity index (χ1n) is 8.51. The molecule has 1 atom stereocenters. The van der Waals surface area contributed by atoms with E-state index in [1.807, 2.05) is 49.5 Å². The van der Waals surface area contributed by atoms with Gasteiger partial charge in [0.25, 0.3) is 0 Å². The summed E-state index contributed by atoms with van der Waals surface area (Å²) in [5, 5.41) is 4.44. The van der Waals surface area contributed by atoms with Gasteiger partial charge >= 0.3 is 0 Å². The molecule has 0 spiro atoms. The summed E-state index contributed by atoms with van der Waals surface area (Å²) in [5.41, 5.74) is 3.10. The highest BCUT2D eigenvalue weighted by Crippen LogP contribution is 2.25. The number of carbonyl (C=O) groups excluding carboxylic acids is 1. The van der Waals surface area contributed by atoms with Crippen molar-refractivity contribution in [2.24, 2.45) is 7.05 Å². The zero-order chi connectivity index (χ0) is 17.3. The Morgan fingerprint density at radius 3 is 2.54 bits per heavy atom. The van der Waals surface area contributed by atoms with Gasteiger partial charge in [-0.05, 0) is 32.9 Å². The molecule has 0 aliphatic carbocycles. The fourth-order valence-corrected chi connectivity index (χ4v) is 3.56. The molecular weight excluding hydrogens is 304 g/mol. The van der Waals surface area contributed by atoms with Gasteiger partial charge in [0.05, 0.1) is 24.4 Å². The van der Waals surface area contributed by atoms with E-state index in [1.165, 1.54) is 0 Å². The second-order valence-electron chi connectivity index (χ2n) is 6.61. The maximum absolute atomic E-state index is 12.9. The van der Waals surface area contributed by atoms with Crippen LogP contribution in [0.25, 0.3) is 0 Å². The predicted octanol–water partition coefficient (Wildman–Crippen LogP) is 2.08. The van der Waals surface area contributed by atoms with Gasteiger partial charge in [-0.3, -0.25) is 14.4 Å². The van der Waals surface area contributed by atoms with Crippen molar-refractivity contribution in [1.82, 2.24) is 19.6 Å². The topological polar surface area (TPSA) is 54.5 Å². The quantitative estimate of drug-likeness (QED) is 0.861. The summed E-state index contributed by atoms with van der Waals surface area (Å²) >= 11 is 0. The fraction of sp³-hybridized carbons (Fsp3) is 0.556. The summed E-state index contributed by atoms with van der Waals surface area (Å²) < 4.78 is 7.26. The van der Waals surface area contributed by atoms with E-state index in [0.717, 1.165) is 55.4 Å². The van der Waals surface area contributed by atoms with Crippen molar-refractivity contribution < 1.29 is 9.21 Å². The standard InChI is InChI=1S/C18H26N4O2/c1-13(17-14(2)19-20(4)15(17)3)18(23)22-9-7-21(8-10-22)12-16-6-5-11-24-16/h5-6,11,13H,7-10,12H2,1-4H3/t13-/m0/s1. The molecular formula is C18H26N4O2. The van der Waals surface area contributed by atoms with Crippen LogP contribution in [0, 0.1) is 13.8 Å². The summed E-state index contributed by atoms with van der Waals surface area (Å²) in [4.78, 5) is 17.2. The van der Waals surface area contributed by atoms with Crippen LogP contribution in [0.1, 0.15) is 35.6 Å². The maximum atomic E-state index is 12.9. The van der Waals surface area contributed by atoms with Crippen LogP contribution < -0.4 is 0 Å². The van der Waals surface area contributed by atoms with E-state index in [1.54, 1.807) is 6.26 Å². The lowest BCUT2D eigenvalue weighted by atomic mass is 9.97. The number of rotatable bonds is 4. The molecule has 6 heteroatoms. The molecule has 1 aliphatic heterocycles. The number of amides is 1. The van der Waals surface area contributed by atoms with Crippen LogP contribution in [0.5, 0.6) is 0 Å². The van der Waals surface area contributed by atoms with Crippen LogP contribution >= 0.6 is 0 Å². The minimum Gasteiger partial charge on any atom is -0.468 e. The zero-order valence-electron chi connectivity index (χ0n) is 15.0. The van der Waals surface area contributed by atoms with Crippen LogP contribution in [0.4, 0.5) is 0 Å². The van der Waals surface area contributed by atoms with E-state index >= 15 is 0 Å². The van der Waals surface area contributed by atoms with Crippen LogP contribution in [-0.2, 0) is 18.4 Å². The number of hydrogen-bond acceptors (Lipinski definition) is 4. The molecule has 6 nitrogen and oxygen atoms in total. The summed E-state index contributed by atoms with van der Waals surface area (Å²) in [5.74, 6) is 1.03. The molecule has 1 amide bonds. The normalized spacial score (nSPS) is 17.2. The van der Waals surface area contributed by atoms with Crippen molar-refractivity contribution in [1.29, 1.82) is 0 Å². The van der Waals surface area contributed by atoms with Crippen molar-refractivity contribution in [3.63, 3.8) is 0 Å². The van der Waals surface area contributed by atoms with Gasteiger partial charge in [0.1, 0.15) is 5.76 Å². The number of hydrogen-bond donors (Lipinski definition) is 0. The Kier molecular flexibility index (Phi) is 4.76. The number of nitrogens with zero attached hydrogens (tertiary/aromatic N) is 4. The average Bonchev–Trinajstić information content (AvgIpc) is 3.15. The van der Waals surface area contributed by atoms with Crippen molar-refractivity contribution in [2.75, 3.05) is 26.2 Å². The van der Waals surface area contributed by atoms with Crippen molar-refractivity contribution >= 4 is 5.91 Å². The lowest BCUT2D eigenvalue weighted by Gasteiger charge is -2.35. The van der Waals surface area contributed by atoms with Gasteiger partial charge in [-0.1, -0.05) is 0 Å². The molecule has 0 radical (unpaired) electrons. The van der Waals surface area contributed by atoms with Crippen LogP contribution in [0.15, 0.2) is 22.8 Å². The van der Waals surface area contributed by atoms with E-state index in [4.69, 9.17) is 4.42 Å². The highest BCUT2D eigenvalue weighted by atomic mass is 16.3. The number of piperazine rings is 1.